The van der Waals surface area contributed by atoms with E-state index in [1.165, 1.54) is 12.8 Å². The number of benzene rings is 1. The molecule has 0 radical (unpaired) electrons. The number of nitrogens with one attached hydrogen (secondary N) is 1. The van der Waals surface area contributed by atoms with Gasteiger partial charge in [0, 0.05) is 17.3 Å². The Morgan fingerprint density at radius 2 is 1.96 bits per heavy atom. The molecule has 0 saturated heterocycles. The summed E-state index contributed by atoms with van der Waals surface area (Å²) in [5, 5.41) is 8.70. The molecule has 1 N–H and O–H groups in total. The van der Waals surface area contributed by atoms with Gasteiger partial charge in [-0.15, -0.1) is 0 Å². The number of carbonyl (C=O) groups excluding carboxylic acids is 1. The van der Waals surface area contributed by atoms with Gasteiger partial charge in [-0.1, -0.05) is 36.0 Å². The Balaban J connectivity index is 1.80. The molecular formula is C18H21Cl2N3O. The SMILES string of the molecule is Cc1nn(-c2ccc(Cl)c(Cl)c2)c(C)c1CC(=O)NC1CCCC1. The van der Waals surface area contributed by atoms with E-state index in [1.807, 2.05) is 24.6 Å². The molecule has 24 heavy (non-hydrogen) atoms. The smallest absolute Gasteiger partial charge is 0.224 e. The second kappa shape index (κ2) is 7.16. The lowest BCUT2D eigenvalue weighted by molar-refractivity contribution is -0.121. The molecular weight excluding hydrogens is 345 g/mol. The molecule has 128 valence electrons. The maximum absolute atomic E-state index is 12.3. The van der Waals surface area contributed by atoms with Gasteiger partial charge < -0.3 is 5.32 Å². The minimum atomic E-state index is 0.0711. The Morgan fingerprint density at radius 3 is 2.62 bits per heavy atom. The summed E-state index contributed by atoms with van der Waals surface area (Å²) in [5.41, 5.74) is 3.62. The molecule has 3 rings (SSSR count). The van der Waals surface area contributed by atoms with Crippen molar-refractivity contribution in [2.45, 2.75) is 52.0 Å². The third-order valence-corrected chi connectivity index (χ3v) is 5.39. The molecule has 2 aromatic rings. The monoisotopic (exact) mass is 365 g/mol. The molecule has 0 atom stereocenters. The first-order valence-electron chi connectivity index (χ1n) is 8.25. The lowest BCUT2D eigenvalue weighted by Gasteiger charge is -2.12. The molecule has 1 aromatic carbocycles. The van der Waals surface area contributed by atoms with Crippen LogP contribution in [0, 0.1) is 13.8 Å². The molecule has 0 spiro atoms. The highest BCUT2D eigenvalue weighted by molar-refractivity contribution is 6.42. The van der Waals surface area contributed by atoms with E-state index in [1.54, 1.807) is 12.1 Å². The van der Waals surface area contributed by atoms with Crippen LogP contribution in [0.5, 0.6) is 0 Å². The fraction of sp³-hybridized carbons (Fsp3) is 0.444. The molecule has 0 aliphatic heterocycles. The van der Waals surface area contributed by atoms with Crippen molar-refractivity contribution in [1.82, 2.24) is 15.1 Å². The van der Waals surface area contributed by atoms with Crippen molar-refractivity contribution in [3.63, 3.8) is 0 Å². The van der Waals surface area contributed by atoms with E-state index in [2.05, 4.69) is 10.4 Å². The lowest BCUT2D eigenvalue weighted by atomic mass is 10.1. The summed E-state index contributed by atoms with van der Waals surface area (Å²) in [5.74, 6) is 0.0711. The topological polar surface area (TPSA) is 46.9 Å². The Kier molecular flexibility index (Phi) is 5.16. The number of hydrogen-bond acceptors (Lipinski definition) is 2. The second-order valence-corrected chi connectivity index (χ2v) is 7.20. The van der Waals surface area contributed by atoms with Crippen molar-refractivity contribution in [2.24, 2.45) is 0 Å². The molecule has 1 aliphatic rings. The molecule has 0 bridgehead atoms. The van der Waals surface area contributed by atoms with E-state index in [0.717, 1.165) is 35.5 Å². The van der Waals surface area contributed by atoms with Crippen LogP contribution in [0.4, 0.5) is 0 Å². The van der Waals surface area contributed by atoms with E-state index in [4.69, 9.17) is 23.2 Å². The average molecular weight is 366 g/mol. The number of amides is 1. The highest BCUT2D eigenvalue weighted by atomic mass is 35.5. The van der Waals surface area contributed by atoms with E-state index >= 15 is 0 Å². The van der Waals surface area contributed by atoms with Crippen molar-refractivity contribution >= 4 is 29.1 Å². The summed E-state index contributed by atoms with van der Waals surface area (Å²) in [6.45, 7) is 3.90. The number of aromatic nitrogens is 2. The predicted octanol–water partition coefficient (Wildman–Crippen LogP) is 4.40. The first-order valence-corrected chi connectivity index (χ1v) is 9.01. The highest BCUT2D eigenvalue weighted by Crippen LogP contribution is 2.26. The first-order chi connectivity index (χ1) is 11.5. The van der Waals surface area contributed by atoms with Gasteiger partial charge in [0.25, 0.3) is 0 Å². The van der Waals surface area contributed by atoms with Crippen LogP contribution in [-0.2, 0) is 11.2 Å². The summed E-state index contributed by atoms with van der Waals surface area (Å²) in [6, 6.07) is 5.74. The Morgan fingerprint density at radius 1 is 1.25 bits per heavy atom. The molecule has 1 aromatic heterocycles. The normalized spacial score (nSPS) is 15.0. The zero-order valence-corrected chi connectivity index (χ0v) is 15.4. The van der Waals surface area contributed by atoms with Crippen molar-refractivity contribution in [3.05, 3.63) is 45.2 Å². The summed E-state index contributed by atoms with van der Waals surface area (Å²) in [6.07, 6.45) is 4.95. The van der Waals surface area contributed by atoms with E-state index in [9.17, 15) is 4.79 Å². The van der Waals surface area contributed by atoms with Crippen molar-refractivity contribution in [3.8, 4) is 5.69 Å². The minimum Gasteiger partial charge on any atom is -0.353 e. The van der Waals surface area contributed by atoms with E-state index < -0.39 is 0 Å². The van der Waals surface area contributed by atoms with E-state index in [-0.39, 0.29) is 5.91 Å². The maximum atomic E-state index is 12.3. The lowest BCUT2D eigenvalue weighted by Crippen LogP contribution is -2.33. The van der Waals surface area contributed by atoms with Gasteiger partial charge in [0.15, 0.2) is 0 Å². The van der Waals surface area contributed by atoms with Crippen LogP contribution in [0.3, 0.4) is 0 Å². The molecule has 1 aliphatic carbocycles. The Bertz CT molecular complexity index is 764. The third-order valence-electron chi connectivity index (χ3n) is 4.65. The Labute approximate surface area is 152 Å². The molecule has 1 amide bonds. The standard InChI is InChI=1S/C18H21Cl2N3O/c1-11-15(10-18(24)21-13-5-3-4-6-13)12(2)23(22-11)14-7-8-16(19)17(20)9-14/h7-9,13H,3-6,10H2,1-2H3,(H,21,24). The van der Waals surface area contributed by atoms with Gasteiger partial charge in [-0.05, 0) is 44.9 Å². The molecule has 1 fully saturated rings. The number of hydrogen-bond donors (Lipinski definition) is 1. The van der Waals surface area contributed by atoms with E-state index in [0.29, 0.717) is 22.5 Å². The fourth-order valence-electron chi connectivity index (χ4n) is 3.31. The number of halogens is 2. The van der Waals surface area contributed by atoms with Gasteiger partial charge in [-0.25, -0.2) is 4.68 Å². The summed E-state index contributed by atoms with van der Waals surface area (Å²) >= 11 is 12.1. The van der Waals surface area contributed by atoms with Crippen molar-refractivity contribution in [2.75, 3.05) is 0 Å². The van der Waals surface area contributed by atoms with Crippen LogP contribution in [-0.4, -0.2) is 21.7 Å². The van der Waals surface area contributed by atoms with Crippen molar-refractivity contribution < 1.29 is 4.79 Å². The fourth-order valence-corrected chi connectivity index (χ4v) is 3.60. The summed E-state index contributed by atoms with van der Waals surface area (Å²) in [7, 11) is 0. The van der Waals surface area contributed by atoms with Gasteiger partial charge in [0.2, 0.25) is 5.91 Å². The zero-order chi connectivity index (χ0) is 17.3. The minimum absolute atomic E-state index is 0.0711. The van der Waals surface area contributed by atoms with Crippen LogP contribution in [0.25, 0.3) is 5.69 Å². The van der Waals surface area contributed by atoms with Gasteiger partial charge in [-0.2, -0.15) is 5.10 Å². The first kappa shape index (κ1) is 17.3. The maximum Gasteiger partial charge on any atom is 0.224 e. The molecule has 1 heterocycles. The summed E-state index contributed by atoms with van der Waals surface area (Å²) in [4.78, 5) is 12.3. The largest absolute Gasteiger partial charge is 0.353 e. The zero-order valence-electron chi connectivity index (χ0n) is 13.9. The van der Waals surface area contributed by atoms with Crippen LogP contribution in [0.2, 0.25) is 10.0 Å². The van der Waals surface area contributed by atoms with Crippen LogP contribution in [0.15, 0.2) is 18.2 Å². The Hall–Kier alpha value is -1.52. The highest BCUT2D eigenvalue weighted by Gasteiger charge is 2.20. The van der Waals surface area contributed by atoms with Crippen LogP contribution in [0.1, 0.15) is 42.6 Å². The quantitative estimate of drug-likeness (QED) is 0.872. The predicted molar refractivity (Wildman–Crippen MR) is 97.2 cm³/mol. The molecule has 1 saturated carbocycles. The van der Waals surface area contributed by atoms with Gasteiger partial charge in [0.05, 0.1) is 27.8 Å². The van der Waals surface area contributed by atoms with Crippen LogP contribution >= 0.6 is 23.2 Å². The number of rotatable bonds is 4. The second-order valence-electron chi connectivity index (χ2n) is 6.39. The third kappa shape index (κ3) is 3.60. The molecule has 6 heteroatoms. The number of carbonyl (C=O) groups is 1. The molecule has 4 nitrogen and oxygen atoms in total. The average Bonchev–Trinajstić information content (AvgIpc) is 3.13. The van der Waals surface area contributed by atoms with Crippen molar-refractivity contribution in [1.29, 1.82) is 0 Å². The summed E-state index contributed by atoms with van der Waals surface area (Å²) < 4.78 is 1.82. The molecule has 0 unspecified atom stereocenters. The van der Waals surface area contributed by atoms with Gasteiger partial charge in [-0.3, -0.25) is 4.79 Å². The number of aryl methyl sites for hydroxylation is 1. The number of nitrogens with zero attached hydrogens (tertiary/aromatic N) is 2. The van der Waals surface area contributed by atoms with Crippen LogP contribution < -0.4 is 5.32 Å². The van der Waals surface area contributed by atoms with Gasteiger partial charge >= 0.3 is 0 Å². The van der Waals surface area contributed by atoms with Gasteiger partial charge in [0.1, 0.15) is 0 Å².